The number of carbonyl (C=O) groups is 3. The Morgan fingerprint density at radius 2 is 0.659 bits per heavy atom. The molecule has 0 bridgehead atoms. The molecule has 0 aliphatic carbocycles. The molecule has 0 aromatic heterocycles. The van der Waals surface area contributed by atoms with Crippen LogP contribution in [0.1, 0.15) is 341 Å². The van der Waals surface area contributed by atoms with Crippen LogP contribution in [0.25, 0.3) is 0 Å². The SMILES string of the molecule is CCCCCC/C=C\C/C=C\CCCCCCCCCC(=O)OCC(COC(OCC[N+](C)(C)C)C(=O)[O-])OC(=O)CCCCCCCCCCCCCCCCCCCCCCCCCCCCC/C=C\C/C=C\CCCCCCC. The van der Waals surface area contributed by atoms with Crippen molar-refractivity contribution in [2.24, 2.45) is 0 Å². The Bertz CT molecular complexity index is 1480. The van der Waals surface area contributed by atoms with Crippen molar-refractivity contribution in [2.75, 3.05) is 47.5 Å². The van der Waals surface area contributed by atoms with Crippen LogP contribution in [0.4, 0.5) is 0 Å². The third kappa shape index (κ3) is 64.8. The van der Waals surface area contributed by atoms with E-state index in [1.54, 1.807) is 0 Å². The minimum Gasteiger partial charge on any atom is -0.545 e. The zero-order chi connectivity index (χ0) is 59.8. The number of esters is 2. The van der Waals surface area contributed by atoms with Gasteiger partial charge in [-0.15, -0.1) is 0 Å². The Hall–Kier alpha value is -2.75. The van der Waals surface area contributed by atoms with Crippen molar-refractivity contribution in [3.05, 3.63) is 48.6 Å². The van der Waals surface area contributed by atoms with Crippen molar-refractivity contribution < 1.29 is 42.9 Å². The maximum Gasteiger partial charge on any atom is 0.306 e. The van der Waals surface area contributed by atoms with E-state index in [-0.39, 0.29) is 38.6 Å². The summed E-state index contributed by atoms with van der Waals surface area (Å²) in [6.45, 7) is 4.76. The number of quaternary nitrogens is 1. The summed E-state index contributed by atoms with van der Waals surface area (Å²) in [6, 6.07) is 0. The largest absolute Gasteiger partial charge is 0.545 e. The number of aliphatic carboxylic acids is 1. The first-order valence-corrected chi connectivity index (χ1v) is 35.3. The number of hydrogen-bond donors (Lipinski definition) is 0. The minimum absolute atomic E-state index is 0.148. The van der Waals surface area contributed by atoms with Crippen LogP contribution >= 0.6 is 0 Å². The first-order chi connectivity index (χ1) is 40.1. The van der Waals surface area contributed by atoms with E-state index >= 15 is 0 Å². The minimum atomic E-state index is -1.62. The summed E-state index contributed by atoms with van der Waals surface area (Å²) in [5.74, 6) is -2.27. The van der Waals surface area contributed by atoms with Gasteiger partial charge >= 0.3 is 11.9 Å². The molecule has 0 heterocycles. The summed E-state index contributed by atoms with van der Waals surface area (Å²) in [7, 11) is 5.93. The Labute approximate surface area is 508 Å². The molecule has 0 radical (unpaired) electrons. The van der Waals surface area contributed by atoms with E-state index in [0.29, 0.717) is 17.4 Å². The smallest absolute Gasteiger partial charge is 0.306 e. The molecule has 0 aliphatic heterocycles. The predicted octanol–water partition coefficient (Wildman–Crippen LogP) is 20.4. The zero-order valence-electron chi connectivity index (χ0n) is 54.9. The third-order valence-corrected chi connectivity index (χ3v) is 15.8. The lowest BCUT2D eigenvalue weighted by Gasteiger charge is -2.26. The molecule has 0 amide bonds. The maximum atomic E-state index is 12.9. The maximum absolute atomic E-state index is 12.9. The van der Waals surface area contributed by atoms with Gasteiger partial charge in [0, 0.05) is 12.8 Å². The van der Waals surface area contributed by atoms with Crippen LogP contribution < -0.4 is 5.11 Å². The second kappa shape index (κ2) is 64.3. The Morgan fingerprint density at radius 1 is 0.366 bits per heavy atom. The average Bonchev–Trinajstić information content (AvgIpc) is 3.47. The average molecular weight is 1150 g/mol. The molecule has 0 N–H and O–H groups in total. The van der Waals surface area contributed by atoms with E-state index in [4.69, 9.17) is 18.9 Å². The lowest BCUT2D eigenvalue weighted by molar-refractivity contribution is -0.870. The molecule has 2 atom stereocenters. The fourth-order valence-corrected chi connectivity index (χ4v) is 10.4. The number of unbranched alkanes of at least 4 members (excludes halogenated alkanes) is 43. The summed E-state index contributed by atoms with van der Waals surface area (Å²) in [5, 5.41) is 11.8. The van der Waals surface area contributed by atoms with Crippen LogP contribution in [0.15, 0.2) is 48.6 Å². The summed E-state index contributed by atoms with van der Waals surface area (Å²) >= 11 is 0. The number of ether oxygens (including phenoxy) is 4. The van der Waals surface area contributed by atoms with Crippen LogP contribution in [0.5, 0.6) is 0 Å². The van der Waals surface area contributed by atoms with E-state index in [2.05, 4.69) is 62.5 Å². The van der Waals surface area contributed by atoms with Crippen molar-refractivity contribution in [1.82, 2.24) is 0 Å². The van der Waals surface area contributed by atoms with Gasteiger partial charge in [0.2, 0.25) is 0 Å². The first-order valence-electron chi connectivity index (χ1n) is 35.3. The second-order valence-electron chi connectivity index (χ2n) is 25.2. The Kier molecular flexibility index (Phi) is 62.1. The highest BCUT2D eigenvalue weighted by atomic mass is 16.7. The second-order valence-corrected chi connectivity index (χ2v) is 25.2. The molecule has 480 valence electrons. The van der Waals surface area contributed by atoms with Crippen molar-refractivity contribution in [3.8, 4) is 0 Å². The third-order valence-electron chi connectivity index (χ3n) is 15.8. The van der Waals surface area contributed by atoms with Crippen molar-refractivity contribution in [1.29, 1.82) is 0 Å². The summed E-state index contributed by atoms with van der Waals surface area (Å²) in [5.41, 5.74) is 0. The highest BCUT2D eigenvalue weighted by Gasteiger charge is 2.22. The van der Waals surface area contributed by atoms with E-state index in [1.807, 2.05) is 21.1 Å². The van der Waals surface area contributed by atoms with Gasteiger partial charge in [0.15, 0.2) is 12.4 Å². The van der Waals surface area contributed by atoms with Crippen LogP contribution in [0.2, 0.25) is 0 Å². The lowest BCUT2D eigenvalue weighted by atomic mass is 10.0. The van der Waals surface area contributed by atoms with Crippen LogP contribution in [-0.2, 0) is 33.3 Å². The lowest BCUT2D eigenvalue weighted by Crippen LogP contribution is -2.44. The van der Waals surface area contributed by atoms with Gasteiger partial charge in [-0.3, -0.25) is 9.59 Å². The van der Waals surface area contributed by atoms with Crippen LogP contribution in [0.3, 0.4) is 0 Å². The Morgan fingerprint density at radius 3 is 0.976 bits per heavy atom. The molecule has 82 heavy (non-hydrogen) atoms. The molecule has 0 fully saturated rings. The summed E-state index contributed by atoms with van der Waals surface area (Å²) in [6.07, 6.45) is 79.3. The fourth-order valence-electron chi connectivity index (χ4n) is 10.4. The fraction of sp³-hybridized carbons (Fsp3) is 0.849. The van der Waals surface area contributed by atoms with Crippen molar-refractivity contribution in [2.45, 2.75) is 354 Å². The van der Waals surface area contributed by atoms with Gasteiger partial charge in [-0.05, 0) is 77.0 Å². The molecule has 9 heteroatoms. The Balaban J connectivity index is 3.96. The van der Waals surface area contributed by atoms with Crippen molar-refractivity contribution in [3.63, 3.8) is 0 Å². The topological polar surface area (TPSA) is 111 Å². The molecule has 9 nitrogen and oxygen atoms in total. The van der Waals surface area contributed by atoms with Gasteiger partial charge in [0.25, 0.3) is 0 Å². The van der Waals surface area contributed by atoms with E-state index < -0.39 is 24.3 Å². The van der Waals surface area contributed by atoms with Crippen LogP contribution in [-0.4, -0.2) is 82.3 Å². The van der Waals surface area contributed by atoms with Gasteiger partial charge in [0.1, 0.15) is 13.2 Å². The number of carboxylic acid groups (broad SMARTS) is 1. The van der Waals surface area contributed by atoms with Gasteiger partial charge in [0.05, 0.1) is 40.3 Å². The van der Waals surface area contributed by atoms with E-state index in [9.17, 15) is 19.5 Å². The van der Waals surface area contributed by atoms with Gasteiger partial charge < -0.3 is 33.3 Å². The molecule has 0 spiro atoms. The number of hydrogen-bond acceptors (Lipinski definition) is 8. The summed E-state index contributed by atoms with van der Waals surface area (Å²) in [4.78, 5) is 37.4. The monoisotopic (exact) mass is 1150 g/mol. The van der Waals surface area contributed by atoms with E-state index in [1.165, 1.54) is 250 Å². The molecular weight excluding hydrogens is 1020 g/mol. The number of rotatable bonds is 66. The molecule has 2 unspecified atom stereocenters. The number of allylic oxidation sites excluding steroid dienone is 8. The molecule has 0 aromatic rings. The van der Waals surface area contributed by atoms with Gasteiger partial charge in [-0.2, -0.15) is 0 Å². The molecule has 0 aliphatic rings. The highest BCUT2D eigenvalue weighted by molar-refractivity contribution is 5.70. The van der Waals surface area contributed by atoms with Crippen LogP contribution in [0, 0.1) is 0 Å². The van der Waals surface area contributed by atoms with Gasteiger partial charge in [-0.25, -0.2) is 0 Å². The number of carboxylic acids is 1. The molecular formula is C73H135NO8. The molecule has 0 saturated heterocycles. The standard InChI is InChI=1S/C73H135NO8/c1-6-8-10-12-14-16-18-20-22-24-26-27-28-29-30-31-32-33-34-35-36-37-38-39-40-41-42-43-44-45-46-48-50-52-54-56-58-60-62-64-71(76)82-69(68-81-73(72(77)78)79-66-65-74(3,4)5)67-80-70(75)63-61-59-57-55-53-51-49-47-25-23-21-19-17-15-13-11-9-7-2/h17-20,23-26,69,73H,6-16,21-22,27-68H2,1-5H3/b19-17-,20-18-,25-23-,26-24-. The highest BCUT2D eigenvalue weighted by Crippen LogP contribution is 2.18. The molecule has 0 saturated carbocycles. The normalized spacial score (nSPS) is 12.9. The number of nitrogens with zero attached hydrogens (tertiary/aromatic N) is 1. The first kappa shape index (κ1) is 79.2. The number of carbonyl (C=O) groups excluding carboxylic acids is 3. The van der Waals surface area contributed by atoms with Gasteiger partial charge in [-0.1, -0.05) is 300 Å². The predicted molar refractivity (Wildman–Crippen MR) is 348 cm³/mol. The quantitative estimate of drug-likeness (QED) is 0.0195. The zero-order valence-corrected chi connectivity index (χ0v) is 54.9. The molecule has 0 aromatic carbocycles. The summed E-state index contributed by atoms with van der Waals surface area (Å²) < 4.78 is 22.8. The van der Waals surface area contributed by atoms with Crippen molar-refractivity contribution >= 4 is 17.9 Å². The number of likely N-dealkylation sites (N-methyl/N-ethyl adjacent to an activating group) is 1. The molecule has 0 rings (SSSR count). The van der Waals surface area contributed by atoms with E-state index in [0.717, 1.165) is 57.8 Å².